The van der Waals surface area contributed by atoms with Crippen molar-refractivity contribution in [2.45, 2.75) is 44.0 Å². The Balaban J connectivity index is 1.58. The molecule has 0 spiro atoms. The molecule has 3 heterocycles. The number of aromatic nitrogens is 3. The van der Waals surface area contributed by atoms with Crippen molar-refractivity contribution in [1.82, 2.24) is 19.1 Å². The van der Waals surface area contributed by atoms with E-state index in [2.05, 4.69) is 5.10 Å². The molecule has 1 fully saturated rings. The highest BCUT2D eigenvalue weighted by molar-refractivity contribution is 7.89. The summed E-state index contributed by atoms with van der Waals surface area (Å²) in [6.45, 7) is 5.36. The van der Waals surface area contributed by atoms with Crippen molar-refractivity contribution in [2.75, 3.05) is 20.2 Å². The van der Waals surface area contributed by atoms with E-state index in [0.29, 0.717) is 30.2 Å². The summed E-state index contributed by atoms with van der Waals surface area (Å²) in [6, 6.07) is 13.8. The Bertz CT molecular complexity index is 1160. The van der Waals surface area contributed by atoms with E-state index in [1.165, 1.54) is 6.20 Å². The number of hydrogen-bond acceptors (Lipinski definition) is 5. The van der Waals surface area contributed by atoms with Gasteiger partial charge in [0.05, 0.1) is 24.7 Å². The Morgan fingerprint density at radius 3 is 2.61 bits per heavy atom. The number of methoxy groups -OCH3 is 1. The number of pyridine rings is 1. The van der Waals surface area contributed by atoms with Crippen LogP contribution in [0.3, 0.4) is 0 Å². The van der Waals surface area contributed by atoms with Crippen LogP contribution in [0.5, 0.6) is 5.75 Å². The lowest BCUT2D eigenvalue weighted by atomic mass is 9.95. The average molecular weight is 441 g/mol. The number of piperidine rings is 1. The number of ether oxygens (including phenoxy) is 1. The first-order chi connectivity index (χ1) is 14.9. The minimum atomic E-state index is -3.58. The summed E-state index contributed by atoms with van der Waals surface area (Å²) in [5.74, 6) is 0.859. The molecule has 0 radical (unpaired) electrons. The van der Waals surface area contributed by atoms with E-state index in [0.717, 1.165) is 35.5 Å². The quantitative estimate of drug-likeness (QED) is 0.582. The molecule has 2 aromatic heterocycles. The first kappa shape index (κ1) is 21.5. The predicted molar refractivity (Wildman–Crippen MR) is 120 cm³/mol. The van der Waals surface area contributed by atoms with Crippen molar-refractivity contribution in [2.24, 2.45) is 0 Å². The Hall–Kier alpha value is -2.71. The molecule has 31 heavy (non-hydrogen) atoms. The zero-order valence-corrected chi connectivity index (χ0v) is 19.0. The summed E-state index contributed by atoms with van der Waals surface area (Å²) in [5.41, 5.74) is 3.49. The Labute approximate surface area is 183 Å². The maximum Gasteiger partial charge on any atom is 0.246 e. The van der Waals surface area contributed by atoms with Crippen molar-refractivity contribution >= 4 is 10.0 Å². The van der Waals surface area contributed by atoms with Gasteiger partial charge < -0.3 is 4.74 Å². The molecule has 1 saturated heterocycles. The van der Waals surface area contributed by atoms with Crippen LogP contribution in [0.2, 0.25) is 0 Å². The van der Waals surface area contributed by atoms with Gasteiger partial charge in [0, 0.05) is 36.8 Å². The summed E-state index contributed by atoms with van der Waals surface area (Å²) in [5, 5.41) is 4.22. The molecule has 0 N–H and O–H groups in total. The fourth-order valence-electron chi connectivity index (χ4n) is 4.14. The fourth-order valence-corrected chi connectivity index (χ4v) is 5.83. The third kappa shape index (κ3) is 4.22. The zero-order chi connectivity index (χ0) is 22.0. The van der Waals surface area contributed by atoms with Crippen molar-refractivity contribution in [3.05, 3.63) is 60.0 Å². The van der Waals surface area contributed by atoms with Crippen LogP contribution in [-0.2, 0) is 16.6 Å². The second kappa shape index (κ2) is 8.80. The van der Waals surface area contributed by atoms with Gasteiger partial charge in [-0.15, -0.1) is 0 Å². The maximum absolute atomic E-state index is 13.3. The van der Waals surface area contributed by atoms with Crippen LogP contribution < -0.4 is 4.74 Å². The lowest BCUT2D eigenvalue weighted by Crippen LogP contribution is -2.39. The van der Waals surface area contributed by atoms with E-state index >= 15 is 0 Å². The molecule has 8 heteroatoms. The van der Waals surface area contributed by atoms with Gasteiger partial charge in [-0.2, -0.15) is 9.40 Å². The molecule has 1 aliphatic rings. The number of aryl methyl sites for hydroxylation is 1. The highest BCUT2D eigenvalue weighted by Gasteiger charge is 2.33. The number of rotatable bonds is 6. The fraction of sp³-hybridized carbons (Fsp3) is 0.391. The lowest BCUT2D eigenvalue weighted by Gasteiger charge is -2.31. The van der Waals surface area contributed by atoms with Gasteiger partial charge in [0.15, 0.2) is 0 Å². The van der Waals surface area contributed by atoms with Crippen molar-refractivity contribution in [3.63, 3.8) is 0 Å². The third-order valence-corrected chi connectivity index (χ3v) is 7.90. The summed E-state index contributed by atoms with van der Waals surface area (Å²) in [7, 11) is -1.94. The molecular weight excluding hydrogens is 412 g/mol. The Kier molecular flexibility index (Phi) is 6.11. The van der Waals surface area contributed by atoms with E-state index < -0.39 is 10.0 Å². The normalized spacial score (nSPS) is 17.6. The standard InChI is InChI=1S/C23H28N4O3S/c1-4-27-17(2)23(15-24-27)31(28,29)26-14-6-7-19(16-26)22-9-5-8-21(25-22)18-10-12-20(30-3)13-11-18/h5,8-13,15,19H,4,6-7,14,16H2,1-3H3/t19-/m1/s1. The summed E-state index contributed by atoms with van der Waals surface area (Å²) >= 11 is 0. The van der Waals surface area contributed by atoms with Gasteiger partial charge in [-0.25, -0.2) is 8.42 Å². The van der Waals surface area contributed by atoms with Crippen LogP contribution >= 0.6 is 0 Å². The summed E-state index contributed by atoms with van der Waals surface area (Å²) in [4.78, 5) is 5.17. The van der Waals surface area contributed by atoms with E-state index in [-0.39, 0.29) is 5.92 Å². The van der Waals surface area contributed by atoms with Gasteiger partial charge >= 0.3 is 0 Å². The maximum atomic E-state index is 13.3. The smallest absolute Gasteiger partial charge is 0.246 e. The van der Waals surface area contributed by atoms with E-state index in [4.69, 9.17) is 9.72 Å². The van der Waals surface area contributed by atoms with Crippen LogP contribution in [0.25, 0.3) is 11.3 Å². The van der Waals surface area contributed by atoms with Crippen LogP contribution in [0, 0.1) is 6.92 Å². The van der Waals surface area contributed by atoms with Crippen LogP contribution in [-0.4, -0.2) is 47.7 Å². The average Bonchev–Trinajstić information content (AvgIpc) is 3.20. The molecule has 1 aliphatic heterocycles. The molecular formula is C23H28N4O3S. The SMILES string of the molecule is CCn1ncc(S(=O)(=O)N2CCC[C@@H](c3cccc(-c4ccc(OC)cc4)n3)C2)c1C. The highest BCUT2D eigenvalue weighted by Crippen LogP contribution is 2.31. The Morgan fingerprint density at radius 2 is 1.94 bits per heavy atom. The molecule has 4 rings (SSSR count). The third-order valence-electron chi connectivity index (χ3n) is 5.93. The monoisotopic (exact) mass is 440 g/mol. The number of sulfonamides is 1. The van der Waals surface area contributed by atoms with Gasteiger partial charge in [-0.1, -0.05) is 6.07 Å². The topological polar surface area (TPSA) is 77.3 Å². The zero-order valence-electron chi connectivity index (χ0n) is 18.2. The molecule has 0 amide bonds. The van der Waals surface area contributed by atoms with E-state index in [9.17, 15) is 8.42 Å². The lowest BCUT2D eigenvalue weighted by molar-refractivity contribution is 0.312. The largest absolute Gasteiger partial charge is 0.497 e. The molecule has 1 aromatic carbocycles. The van der Waals surface area contributed by atoms with Gasteiger partial charge in [-0.05, 0) is 63.1 Å². The molecule has 1 atom stereocenters. The molecule has 3 aromatic rings. The second-order valence-electron chi connectivity index (χ2n) is 7.79. The first-order valence-corrected chi connectivity index (χ1v) is 12.0. The summed E-state index contributed by atoms with van der Waals surface area (Å²) < 4.78 is 35.1. The van der Waals surface area contributed by atoms with Crippen LogP contribution in [0.15, 0.2) is 53.6 Å². The van der Waals surface area contributed by atoms with Gasteiger partial charge in [0.2, 0.25) is 10.0 Å². The molecule has 7 nitrogen and oxygen atoms in total. The second-order valence-corrected chi connectivity index (χ2v) is 9.69. The van der Waals surface area contributed by atoms with E-state index in [1.54, 1.807) is 16.1 Å². The van der Waals surface area contributed by atoms with Crippen LogP contribution in [0.1, 0.15) is 37.1 Å². The van der Waals surface area contributed by atoms with Crippen molar-refractivity contribution in [1.29, 1.82) is 0 Å². The van der Waals surface area contributed by atoms with Gasteiger partial charge in [0.1, 0.15) is 10.6 Å². The Morgan fingerprint density at radius 1 is 1.16 bits per heavy atom. The molecule has 0 aliphatic carbocycles. The molecule has 0 bridgehead atoms. The summed E-state index contributed by atoms with van der Waals surface area (Å²) in [6.07, 6.45) is 3.19. The van der Waals surface area contributed by atoms with Crippen molar-refractivity contribution < 1.29 is 13.2 Å². The molecule has 0 saturated carbocycles. The van der Waals surface area contributed by atoms with Gasteiger partial charge in [-0.3, -0.25) is 9.67 Å². The minimum Gasteiger partial charge on any atom is -0.497 e. The minimum absolute atomic E-state index is 0.0586. The molecule has 0 unspecified atom stereocenters. The molecule has 164 valence electrons. The van der Waals surface area contributed by atoms with Gasteiger partial charge in [0.25, 0.3) is 0 Å². The number of nitrogens with zero attached hydrogens (tertiary/aromatic N) is 4. The first-order valence-electron chi connectivity index (χ1n) is 10.6. The predicted octanol–water partition coefficient (Wildman–Crippen LogP) is 3.85. The van der Waals surface area contributed by atoms with Crippen molar-refractivity contribution in [3.8, 4) is 17.0 Å². The van der Waals surface area contributed by atoms with Crippen LogP contribution in [0.4, 0.5) is 0 Å². The number of hydrogen-bond donors (Lipinski definition) is 0. The number of benzene rings is 1. The highest BCUT2D eigenvalue weighted by atomic mass is 32.2. The van der Waals surface area contributed by atoms with E-state index in [1.807, 2.05) is 56.3 Å².